The second-order valence-corrected chi connectivity index (χ2v) is 3.72. The molecule has 1 rings (SSSR count). The highest BCUT2D eigenvalue weighted by atomic mass is 16.5. The molecule has 1 atom stereocenters. The van der Waals surface area contributed by atoms with Gasteiger partial charge in [-0.2, -0.15) is 0 Å². The van der Waals surface area contributed by atoms with Crippen LogP contribution in [0.2, 0.25) is 0 Å². The molecule has 1 aliphatic heterocycles. The number of ether oxygens (including phenoxy) is 1. The molecular formula is C10H19NO3. The predicted molar refractivity (Wildman–Crippen MR) is 53.3 cm³/mol. The molecule has 1 saturated heterocycles. The lowest BCUT2D eigenvalue weighted by atomic mass is 9.92. The highest BCUT2D eigenvalue weighted by molar-refractivity contribution is 5.73. The Kier molecular flexibility index (Phi) is 4.90. The van der Waals surface area contributed by atoms with Crippen molar-refractivity contribution >= 4 is 5.97 Å². The summed E-state index contributed by atoms with van der Waals surface area (Å²) < 4.78 is 5.21. The summed E-state index contributed by atoms with van der Waals surface area (Å²) >= 11 is 0. The van der Waals surface area contributed by atoms with E-state index in [9.17, 15) is 4.79 Å². The van der Waals surface area contributed by atoms with E-state index in [0.717, 1.165) is 25.8 Å². The van der Waals surface area contributed by atoms with Crippen LogP contribution in [0, 0.1) is 5.92 Å². The SMILES string of the molecule is CCCNC(C(=O)O)C1CCOCC1. The van der Waals surface area contributed by atoms with Crippen LogP contribution in [0.1, 0.15) is 26.2 Å². The standard InChI is InChI=1S/C10H19NO3/c1-2-5-11-9(10(12)13)8-3-6-14-7-4-8/h8-9,11H,2-7H2,1H3,(H,12,13). The Labute approximate surface area is 84.6 Å². The maximum absolute atomic E-state index is 11.0. The third-order valence-corrected chi connectivity index (χ3v) is 2.62. The van der Waals surface area contributed by atoms with Gasteiger partial charge in [0.15, 0.2) is 0 Å². The van der Waals surface area contributed by atoms with Gasteiger partial charge in [-0.05, 0) is 31.7 Å². The summed E-state index contributed by atoms with van der Waals surface area (Å²) in [7, 11) is 0. The Balaban J connectivity index is 2.43. The molecule has 0 spiro atoms. The van der Waals surface area contributed by atoms with Crippen LogP contribution < -0.4 is 5.32 Å². The first-order valence-corrected chi connectivity index (χ1v) is 5.29. The van der Waals surface area contributed by atoms with Gasteiger partial charge in [0.2, 0.25) is 0 Å². The highest BCUT2D eigenvalue weighted by Gasteiger charge is 2.28. The largest absolute Gasteiger partial charge is 0.480 e. The number of hydrogen-bond donors (Lipinski definition) is 2. The van der Waals surface area contributed by atoms with Gasteiger partial charge in [0, 0.05) is 13.2 Å². The van der Waals surface area contributed by atoms with E-state index in [4.69, 9.17) is 9.84 Å². The van der Waals surface area contributed by atoms with E-state index in [1.807, 2.05) is 6.92 Å². The van der Waals surface area contributed by atoms with E-state index < -0.39 is 5.97 Å². The fourth-order valence-electron chi connectivity index (χ4n) is 1.80. The molecule has 0 aromatic heterocycles. The van der Waals surface area contributed by atoms with Crippen molar-refractivity contribution in [3.63, 3.8) is 0 Å². The van der Waals surface area contributed by atoms with Gasteiger partial charge >= 0.3 is 5.97 Å². The van der Waals surface area contributed by atoms with Crippen molar-refractivity contribution < 1.29 is 14.6 Å². The summed E-state index contributed by atoms with van der Waals surface area (Å²) in [5, 5.41) is 12.1. The van der Waals surface area contributed by atoms with Crippen LogP contribution in [0.5, 0.6) is 0 Å². The van der Waals surface area contributed by atoms with Gasteiger partial charge in [0.1, 0.15) is 6.04 Å². The Morgan fingerprint density at radius 2 is 2.21 bits per heavy atom. The minimum atomic E-state index is -0.731. The number of carboxylic acids is 1. The Bertz CT molecular complexity index is 178. The first-order valence-electron chi connectivity index (χ1n) is 5.29. The number of nitrogens with one attached hydrogen (secondary N) is 1. The minimum absolute atomic E-state index is 0.229. The van der Waals surface area contributed by atoms with Crippen LogP contribution in [0.3, 0.4) is 0 Å². The minimum Gasteiger partial charge on any atom is -0.480 e. The van der Waals surface area contributed by atoms with Crippen molar-refractivity contribution in [1.82, 2.24) is 5.32 Å². The molecule has 4 heteroatoms. The number of carboxylic acid groups (broad SMARTS) is 1. The van der Waals surface area contributed by atoms with E-state index in [2.05, 4.69) is 5.32 Å². The van der Waals surface area contributed by atoms with Gasteiger partial charge < -0.3 is 15.2 Å². The van der Waals surface area contributed by atoms with E-state index in [0.29, 0.717) is 13.2 Å². The third kappa shape index (κ3) is 3.27. The summed E-state index contributed by atoms with van der Waals surface area (Å²) in [5.41, 5.74) is 0. The van der Waals surface area contributed by atoms with E-state index in [1.165, 1.54) is 0 Å². The maximum atomic E-state index is 11.0. The van der Waals surface area contributed by atoms with Gasteiger partial charge in [-0.25, -0.2) is 0 Å². The molecule has 4 nitrogen and oxygen atoms in total. The van der Waals surface area contributed by atoms with Crippen LogP contribution in [-0.4, -0.2) is 36.9 Å². The van der Waals surface area contributed by atoms with Crippen molar-refractivity contribution in [2.45, 2.75) is 32.2 Å². The summed E-state index contributed by atoms with van der Waals surface area (Å²) in [4.78, 5) is 11.0. The number of rotatable bonds is 5. The van der Waals surface area contributed by atoms with E-state index >= 15 is 0 Å². The van der Waals surface area contributed by atoms with Crippen LogP contribution in [0.15, 0.2) is 0 Å². The van der Waals surface area contributed by atoms with Crippen molar-refractivity contribution in [2.24, 2.45) is 5.92 Å². The zero-order valence-corrected chi connectivity index (χ0v) is 8.66. The second-order valence-electron chi connectivity index (χ2n) is 3.72. The first-order chi connectivity index (χ1) is 6.75. The topological polar surface area (TPSA) is 58.6 Å². The summed E-state index contributed by atoms with van der Waals surface area (Å²) in [5.74, 6) is -0.502. The second kappa shape index (κ2) is 5.98. The zero-order valence-electron chi connectivity index (χ0n) is 8.66. The lowest BCUT2D eigenvalue weighted by Crippen LogP contribution is -2.45. The van der Waals surface area contributed by atoms with Gasteiger partial charge in [0.05, 0.1) is 0 Å². The molecule has 2 N–H and O–H groups in total. The molecular weight excluding hydrogens is 182 g/mol. The molecule has 1 aliphatic rings. The lowest BCUT2D eigenvalue weighted by molar-refractivity contribution is -0.142. The van der Waals surface area contributed by atoms with Crippen molar-refractivity contribution in [3.05, 3.63) is 0 Å². The molecule has 1 unspecified atom stereocenters. The van der Waals surface area contributed by atoms with Crippen LogP contribution in [0.25, 0.3) is 0 Å². The fourth-order valence-corrected chi connectivity index (χ4v) is 1.80. The van der Waals surface area contributed by atoms with Gasteiger partial charge in [-0.15, -0.1) is 0 Å². The molecule has 0 bridgehead atoms. The van der Waals surface area contributed by atoms with Crippen molar-refractivity contribution in [3.8, 4) is 0 Å². The molecule has 0 aliphatic carbocycles. The molecule has 1 fully saturated rings. The maximum Gasteiger partial charge on any atom is 0.320 e. The third-order valence-electron chi connectivity index (χ3n) is 2.62. The summed E-state index contributed by atoms with van der Waals surface area (Å²) in [6.07, 6.45) is 2.67. The number of carbonyl (C=O) groups is 1. The number of hydrogen-bond acceptors (Lipinski definition) is 3. The molecule has 82 valence electrons. The Hall–Kier alpha value is -0.610. The van der Waals surface area contributed by atoms with Crippen LogP contribution >= 0.6 is 0 Å². The van der Waals surface area contributed by atoms with Gasteiger partial charge in [-0.3, -0.25) is 4.79 Å². The van der Waals surface area contributed by atoms with E-state index in [-0.39, 0.29) is 12.0 Å². The van der Waals surface area contributed by atoms with Gasteiger partial charge in [0.25, 0.3) is 0 Å². The Morgan fingerprint density at radius 3 is 2.71 bits per heavy atom. The number of aliphatic carboxylic acids is 1. The van der Waals surface area contributed by atoms with Crippen LogP contribution in [-0.2, 0) is 9.53 Å². The quantitative estimate of drug-likeness (QED) is 0.693. The van der Waals surface area contributed by atoms with Crippen molar-refractivity contribution in [1.29, 1.82) is 0 Å². The average Bonchev–Trinajstić information content (AvgIpc) is 2.19. The zero-order chi connectivity index (χ0) is 10.4. The smallest absolute Gasteiger partial charge is 0.320 e. The lowest BCUT2D eigenvalue weighted by Gasteiger charge is -2.28. The molecule has 0 amide bonds. The summed E-state index contributed by atoms with van der Waals surface area (Å²) in [6.45, 7) is 4.20. The average molecular weight is 201 g/mol. The highest BCUT2D eigenvalue weighted by Crippen LogP contribution is 2.18. The first kappa shape index (κ1) is 11.5. The monoisotopic (exact) mass is 201 g/mol. The molecule has 0 aromatic rings. The molecule has 0 saturated carbocycles. The molecule has 0 radical (unpaired) electrons. The van der Waals surface area contributed by atoms with E-state index in [1.54, 1.807) is 0 Å². The summed E-state index contributed by atoms with van der Waals surface area (Å²) in [6, 6.07) is -0.390. The van der Waals surface area contributed by atoms with Crippen LogP contribution in [0.4, 0.5) is 0 Å². The Morgan fingerprint density at radius 1 is 1.57 bits per heavy atom. The fraction of sp³-hybridized carbons (Fsp3) is 0.900. The predicted octanol–water partition coefficient (Wildman–Crippen LogP) is 0.866. The van der Waals surface area contributed by atoms with Gasteiger partial charge in [-0.1, -0.05) is 6.92 Å². The molecule has 0 aromatic carbocycles. The normalized spacial score (nSPS) is 20.6. The van der Waals surface area contributed by atoms with Crippen molar-refractivity contribution in [2.75, 3.05) is 19.8 Å². The molecule has 1 heterocycles. The molecule has 14 heavy (non-hydrogen) atoms.